The second-order valence-corrected chi connectivity index (χ2v) is 3.57. The van der Waals surface area contributed by atoms with E-state index in [0.29, 0.717) is 13.8 Å². The van der Waals surface area contributed by atoms with E-state index in [4.69, 9.17) is 0 Å². The highest BCUT2D eigenvalue weighted by Gasteiger charge is 2.60. The van der Waals surface area contributed by atoms with Gasteiger partial charge in [-0.05, 0) is 12.8 Å². The van der Waals surface area contributed by atoms with E-state index in [2.05, 4.69) is 0 Å². The molecule has 0 saturated heterocycles. The van der Waals surface area contributed by atoms with Crippen molar-refractivity contribution < 1.29 is 17.6 Å². The standard InChI is InChI=1S/C9H16F4/c1-5-9(6-2,7(3,10)11)8(4,12)13/h5-6H2,1-4H3. The molecule has 0 atom stereocenters. The Morgan fingerprint density at radius 2 is 1.00 bits per heavy atom. The fourth-order valence-corrected chi connectivity index (χ4v) is 1.88. The van der Waals surface area contributed by atoms with Gasteiger partial charge in [0.25, 0.3) is 11.8 Å². The SMILES string of the molecule is CCC(CC)(C(C)(F)F)C(C)(F)F. The first-order chi connectivity index (χ1) is 5.62. The molecule has 0 unspecified atom stereocenters. The Labute approximate surface area is 76.3 Å². The minimum absolute atomic E-state index is 0.226. The third-order valence-corrected chi connectivity index (χ3v) is 2.89. The van der Waals surface area contributed by atoms with Crippen molar-refractivity contribution in [3.8, 4) is 0 Å². The Kier molecular flexibility index (Phi) is 3.39. The van der Waals surface area contributed by atoms with Crippen molar-refractivity contribution in [2.45, 2.75) is 52.4 Å². The largest absolute Gasteiger partial charge is 0.256 e. The molecule has 0 saturated carbocycles. The van der Waals surface area contributed by atoms with Crippen LogP contribution < -0.4 is 0 Å². The van der Waals surface area contributed by atoms with Gasteiger partial charge in [0.1, 0.15) is 0 Å². The lowest BCUT2D eigenvalue weighted by Gasteiger charge is -2.41. The molecule has 0 aromatic carbocycles. The topological polar surface area (TPSA) is 0 Å². The predicted octanol–water partition coefficient (Wildman–Crippen LogP) is 4.10. The minimum atomic E-state index is -3.35. The second kappa shape index (κ2) is 3.46. The predicted molar refractivity (Wildman–Crippen MR) is 44.3 cm³/mol. The Morgan fingerprint density at radius 3 is 1.00 bits per heavy atom. The third-order valence-electron chi connectivity index (χ3n) is 2.89. The molecule has 0 spiro atoms. The lowest BCUT2D eigenvalue weighted by molar-refractivity contribution is -0.228. The number of halogens is 4. The van der Waals surface area contributed by atoms with Crippen LogP contribution in [-0.4, -0.2) is 11.8 Å². The summed E-state index contributed by atoms with van der Waals surface area (Å²) in [6.07, 6.45) is -0.451. The first-order valence-corrected chi connectivity index (χ1v) is 4.38. The maximum absolute atomic E-state index is 13.1. The van der Waals surface area contributed by atoms with Crippen LogP contribution in [0.4, 0.5) is 17.6 Å². The Morgan fingerprint density at radius 1 is 0.769 bits per heavy atom. The molecular formula is C9H16F4. The van der Waals surface area contributed by atoms with Crippen LogP contribution in [0.3, 0.4) is 0 Å². The molecule has 0 aliphatic heterocycles. The van der Waals surface area contributed by atoms with E-state index < -0.39 is 17.3 Å². The fourth-order valence-electron chi connectivity index (χ4n) is 1.88. The van der Waals surface area contributed by atoms with Gasteiger partial charge in [0.05, 0.1) is 5.41 Å². The zero-order valence-electron chi connectivity index (χ0n) is 8.43. The van der Waals surface area contributed by atoms with Gasteiger partial charge in [0.15, 0.2) is 0 Å². The van der Waals surface area contributed by atoms with Gasteiger partial charge in [-0.1, -0.05) is 13.8 Å². The number of alkyl halides is 4. The molecule has 80 valence electrons. The summed E-state index contributed by atoms with van der Waals surface area (Å²) in [5.74, 6) is -6.70. The van der Waals surface area contributed by atoms with Gasteiger partial charge in [0, 0.05) is 13.8 Å². The molecule has 0 bridgehead atoms. The van der Waals surface area contributed by atoms with Crippen LogP contribution in [0.1, 0.15) is 40.5 Å². The van der Waals surface area contributed by atoms with E-state index in [-0.39, 0.29) is 12.8 Å². The van der Waals surface area contributed by atoms with Crippen molar-refractivity contribution in [3.63, 3.8) is 0 Å². The van der Waals surface area contributed by atoms with E-state index in [1.807, 2.05) is 0 Å². The van der Waals surface area contributed by atoms with E-state index in [9.17, 15) is 17.6 Å². The van der Waals surface area contributed by atoms with Crippen molar-refractivity contribution in [2.75, 3.05) is 0 Å². The number of hydrogen-bond acceptors (Lipinski definition) is 0. The van der Waals surface area contributed by atoms with Gasteiger partial charge in [-0.15, -0.1) is 0 Å². The average molecular weight is 200 g/mol. The summed E-state index contributed by atoms with van der Waals surface area (Å²) in [5.41, 5.74) is -2.21. The molecule has 0 radical (unpaired) electrons. The molecule has 0 aliphatic rings. The van der Waals surface area contributed by atoms with Crippen LogP contribution in [0.2, 0.25) is 0 Å². The molecule has 0 aromatic heterocycles. The maximum atomic E-state index is 13.1. The first-order valence-electron chi connectivity index (χ1n) is 4.38. The highest BCUT2D eigenvalue weighted by atomic mass is 19.3. The summed E-state index contributed by atoms with van der Waals surface area (Å²) in [6.45, 7) is 3.88. The summed E-state index contributed by atoms with van der Waals surface area (Å²) in [5, 5.41) is 0. The zero-order valence-corrected chi connectivity index (χ0v) is 8.43. The smallest absolute Gasteiger partial charge is 0.206 e. The molecule has 0 rings (SSSR count). The Balaban J connectivity index is 5.17. The Hall–Kier alpha value is -0.280. The molecule has 0 nitrogen and oxygen atoms in total. The number of rotatable bonds is 4. The van der Waals surface area contributed by atoms with Crippen LogP contribution in [0.5, 0.6) is 0 Å². The normalized spacial score (nSPS) is 14.8. The minimum Gasteiger partial charge on any atom is -0.206 e. The average Bonchev–Trinajstić information content (AvgIpc) is 1.84. The third kappa shape index (κ3) is 1.97. The van der Waals surface area contributed by atoms with Crippen LogP contribution in [0.15, 0.2) is 0 Å². The van der Waals surface area contributed by atoms with Crippen molar-refractivity contribution in [2.24, 2.45) is 5.41 Å². The summed E-state index contributed by atoms with van der Waals surface area (Å²) in [6, 6.07) is 0. The maximum Gasteiger partial charge on any atom is 0.256 e. The molecule has 4 heteroatoms. The lowest BCUT2D eigenvalue weighted by Crippen LogP contribution is -2.50. The van der Waals surface area contributed by atoms with Gasteiger partial charge in [-0.3, -0.25) is 0 Å². The molecular weight excluding hydrogens is 184 g/mol. The summed E-state index contributed by atoms with van der Waals surface area (Å²) in [4.78, 5) is 0. The quantitative estimate of drug-likeness (QED) is 0.599. The highest BCUT2D eigenvalue weighted by molar-refractivity contribution is 4.96. The monoisotopic (exact) mass is 200 g/mol. The van der Waals surface area contributed by atoms with Gasteiger partial charge in [0.2, 0.25) is 0 Å². The summed E-state index contributed by atoms with van der Waals surface area (Å²) in [7, 11) is 0. The van der Waals surface area contributed by atoms with E-state index in [0.717, 1.165) is 0 Å². The van der Waals surface area contributed by atoms with Crippen LogP contribution >= 0.6 is 0 Å². The lowest BCUT2D eigenvalue weighted by atomic mass is 9.72. The van der Waals surface area contributed by atoms with Crippen molar-refractivity contribution in [1.29, 1.82) is 0 Å². The van der Waals surface area contributed by atoms with E-state index >= 15 is 0 Å². The fraction of sp³-hybridized carbons (Fsp3) is 1.00. The molecule has 0 aliphatic carbocycles. The van der Waals surface area contributed by atoms with Crippen molar-refractivity contribution in [3.05, 3.63) is 0 Å². The number of hydrogen-bond donors (Lipinski definition) is 0. The molecule has 0 heterocycles. The molecule has 0 aromatic rings. The second-order valence-electron chi connectivity index (χ2n) is 3.57. The molecule has 0 amide bonds. The zero-order chi connectivity index (χ0) is 10.9. The van der Waals surface area contributed by atoms with Crippen LogP contribution in [0.25, 0.3) is 0 Å². The van der Waals surface area contributed by atoms with E-state index in [1.54, 1.807) is 0 Å². The van der Waals surface area contributed by atoms with Crippen LogP contribution in [-0.2, 0) is 0 Å². The summed E-state index contributed by atoms with van der Waals surface area (Å²) >= 11 is 0. The molecule has 13 heavy (non-hydrogen) atoms. The first kappa shape index (κ1) is 12.7. The van der Waals surface area contributed by atoms with Gasteiger partial charge >= 0.3 is 0 Å². The van der Waals surface area contributed by atoms with Gasteiger partial charge in [-0.2, -0.15) is 0 Å². The van der Waals surface area contributed by atoms with Crippen molar-refractivity contribution in [1.82, 2.24) is 0 Å². The summed E-state index contributed by atoms with van der Waals surface area (Å²) < 4.78 is 52.2. The highest BCUT2D eigenvalue weighted by Crippen LogP contribution is 2.52. The molecule has 0 N–H and O–H groups in total. The molecule has 0 fully saturated rings. The van der Waals surface area contributed by atoms with Crippen molar-refractivity contribution >= 4 is 0 Å². The Bertz CT molecular complexity index is 143. The van der Waals surface area contributed by atoms with Gasteiger partial charge in [-0.25, -0.2) is 17.6 Å². The van der Waals surface area contributed by atoms with Crippen LogP contribution in [0, 0.1) is 5.41 Å². The van der Waals surface area contributed by atoms with Gasteiger partial charge < -0.3 is 0 Å². The van der Waals surface area contributed by atoms with E-state index in [1.165, 1.54) is 13.8 Å².